The summed E-state index contributed by atoms with van der Waals surface area (Å²) < 4.78 is 4.30. The van der Waals surface area contributed by atoms with Gasteiger partial charge in [-0.1, -0.05) is 140 Å². The molecule has 5 aromatic carbocycles. The lowest BCUT2D eigenvalue weighted by Gasteiger charge is -2.22. The van der Waals surface area contributed by atoms with Crippen LogP contribution in [0.4, 0.5) is 0 Å². The Balaban J connectivity index is 0.994. The predicted octanol–water partition coefficient (Wildman–Crippen LogP) is 13.2. The van der Waals surface area contributed by atoms with Crippen LogP contribution in [-0.4, -0.2) is 18.8 Å². The molecule has 0 N–H and O–H groups in total. The van der Waals surface area contributed by atoms with Crippen LogP contribution < -0.4 is 11.1 Å². The molecule has 0 saturated carbocycles. The summed E-state index contributed by atoms with van der Waals surface area (Å²) in [5, 5.41) is 4.58. The summed E-state index contributed by atoms with van der Waals surface area (Å²) in [5.74, 6) is 0. The third-order valence-electron chi connectivity index (χ3n) is 14.0. The fourth-order valence-electron chi connectivity index (χ4n) is 12.2. The molecule has 0 spiro atoms. The molecule has 7 heteroatoms. The molecule has 0 fully saturated rings. The van der Waals surface area contributed by atoms with Gasteiger partial charge >= 0.3 is 0 Å². The van der Waals surface area contributed by atoms with Crippen LogP contribution in [-0.2, 0) is 21.7 Å². The van der Waals surface area contributed by atoms with E-state index in [1.807, 2.05) is 12.1 Å². The molecular weight excluding hydrogens is 796 g/mol. The van der Waals surface area contributed by atoms with Gasteiger partial charge in [0, 0.05) is 61.5 Å². The first-order chi connectivity index (χ1) is 29.9. The van der Waals surface area contributed by atoms with E-state index in [1.54, 1.807) is 0 Å². The van der Waals surface area contributed by atoms with Crippen LogP contribution in [0.25, 0.3) is 77.3 Å². The van der Waals surface area contributed by atoms with Crippen LogP contribution in [0.2, 0.25) is 5.02 Å². The van der Waals surface area contributed by atoms with E-state index in [9.17, 15) is 9.59 Å². The van der Waals surface area contributed by atoms with Crippen LogP contribution in [0.3, 0.4) is 0 Å². The molecule has 9 aromatic rings. The lowest BCUT2D eigenvalue weighted by Crippen LogP contribution is -2.26. The molecule has 0 bridgehead atoms. The molecule has 11 rings (SSSR count). The van der Waals surface area contributed by atoms with Gasteiger partial charge in [0.25, 0.3) is 11.1 Å². The van der Waals surface area contributed by atoms with E-state index in [0.717, 1.165) is 101 Å². The Morgan fingerprint density at radius 2 is 0.841 bits per heavy atom. The molecular formula is C56H49ClN4O2. The van der Waals surface area contributed by atoms with Gasteiger partial charge in [0.1, 0.15) is 11.3 Å². The lowest BCUT2D eigenvalue weighted by atomic mass is 9.82. The average Bonchev–Trinajstić information content (AvgIpc) is 3.58. The Morgan fingerprint density at radius 1 is 0.460 bits per heavy atom. The van der Waals surface area contributed by atoms with Crippen molar-refractivity contribution in [3.05, 3.63) is 176 Å². The van der Waals surface area contributed by atoms with Gasteiger partial charge < -0.3 is 8.80 Å². The van der Waals surface area contributed by atoms with E-state index in [1.165, 1.54) is 0 Å². The standard InChI is InChI=1S/C56H49ClN4O2/c1-53(2)30-55(5,6)47-45(53)51(62)58-49-43-19-17-32(25-34(43)21-23-60(47)49)39-13-9-11-15-41(39)36-27-37(29-38(57)28-36)42-16-12-10-14-40(42)33-18-20-44-35(26-33)22-24-61-48-46(52(63)59-50(44)61)54(3,4)31-56(48,7)8/h9-29H,30-31H2,1-8H3. The second-order valence-electron chi connectivity index (χ2n) is 20.6. The third-order valence-corrected chi connectivity index (χ3v) is 14.3. The first-order valence-corrected chi connectivity index (χ1v) is 22.3. The molecule has 0 radical (unpaired) electrons. The zero-order chi connectivity index (χ0) is 44.0. The molecule has 0 saturated heterocycles. The van der Waals surface area contributed by atoms with Crippen molar-refractivity contribution >= 4 is 44.4 Å². The highest BCUT2D eigenvalue weighted by molar-refractivity contribution is 6.31. The Bertz CT molecular complexity index is 3360. The molecule has 4 aromatic heterocycles. The number of aromatic nitrogens is 4. The van der Waals surface area contributed by atoms with Crippen LogP contribution in [0, 0.1) is 0 Å². The highest BCUT2D eigenvalue weighted by atomic mass is 35.5. The van der Waals surface area contributed by atoms with Gasteiger partial charge in [-0.2, -0.15) is 9.97 Å². The van der Waals surface area contributed by atoms with Gasteiger partial charge in [-0.25, -0.2) is 0 Å². The third kappa shape index (κ3) is 5.98. The Morgan fingerprint density at radius 3 is 1.24 bits per heavy atom. The quantitative estimate of drug-likeness (QED) is 0.166. The molecule has 0 atom stereocenters. The van der Waals surface area contributed by atoms with Crippen molar-refractivity contribution in [3.63, 3.8) is 0 Å². The maximum absolute atomic E-state index is 13.6. The molecule has 6 nitrogen and oxygen atoms in total. The number of nitrogens with zero attached hydrogens (tertiary/aromatic N) is 4. The summed E-state index contributed by atoms with van der Waals surface area (Å²) in [6.07, 6.45) is 5.96. The van der Waals surface area contributed by atoms with E-state index in [0.29, 0.717) is 16.3 Å². The molecule has 2 aliphatic rings. The minimum absolute atomic E-state index is 0.124. The maximum atomic E-state index is 13.6. The number of hydrogen-bond acceptors (Lipinski definition) is 4. The van der Waals surface area contributed by atoms with Crippen molar-refractivity contribution in [3.8, 4) is 44.5 Å². The molecule has 0 unspecified atom stereocenters. The van der Waals surface area contributed by atoms with Gasteiger partial charge in [0.05, 0.1) is 0 Å². The molecule has 63 heavy (non-hydrogen) atoms. The van der Waals surface area contributed by atoms with Crippen molar-refractivity contribution in [1.82, 2.24) is 18.8 Å². The Hall–Kier alpha value is -6.37. The second-order valence-corrected chi connectivity index (χ2v) is 21.0. The van der Waals surface area contributed by atoms with Crippen molar-refractivity contribution in [2.24, 2.45) is 0 Å². The fraction of sp³-hybridized carbons (Fsp3) is 0.250. The maximum Gasteiger partial charge on any atom is 0.277 e. The van der Waals surface area contributed by atoms with Gasteiger partial charge in [-0.15, -0.1) is 0 Å². The molecule has 312 valence electrons. The normalized spacial score (nSPS) is 16.8. The second kappa shape index (κ2) is 13.3. The predicted molar refractivity (Wildman–Crippen MR) is 260 cm³/mol. The monoisotopic (exact) mass is 844 g/mol. The lowest BCUT2D eigenvalue weighted by molar-refractivity contribution is 0.397. The number of halogens is 1. The summed E-state index contributed by atoms with van der Waals surface area (Å²) >= 11 is 7.03. The highest BCUT2D eigenvalue weighted by Gasteiger charge is 2.47. The number of hydrogen-bond donors (Lipinski definition) is 0. The van der Waals surface area contributed by atoms with Gasteiger partial charge in [0.15, 0.2) is 0 Å². The topological polar surface area (TPSA) is 68.7 Å². The van der Waals surface area contributed by atoms with E-state index >= 15 is 0 Å². The Kier molecular flexibility index (Phi) is 8.35. The minimum Gasteiger partial charge on any atom is -0.304 e. The Labute approximate surface area is 371 Å². The average molecular weight is 845 g/mol. The largest absolute Gasteiger partial charge is 0.304 e. The van der Waals surface area contributed by atoms with Crippen LogP contribution in [0.5, 0.6) is 0 Å². The molecule has 2 aliphatic carbocycles. The number of benzene rings is 5. The van der Waals surface area contributed by atoms with E-state index in [2.05, 4.69) is 180 Å². The van der Waals surface area contributed by atoms with Crippen LogP contribution >= 0.6 is 11.6 Å². The van der Waals surface area contributed by atoms with Crippen LogP contribution in [0.15, 0.2) is 137 Å². The van der Waals surface area contributed by atoms with E-state index in [4.69, 9.17) is 21.6 Å². The van der Waals surface area contributed by atoms with Crippen molar-refractivity contribution < 1.29 is 0 Å². The minimum atomic E-state index is -0.237. The molecule has 0 amide bonds. The number of rotatable bonds is 4. The van der Waals surface area contributed by atoms with E-state index < -0.39 is 0 Å². The van der Waals surface area contributed by atoms with Gasteiger partial charge in [-0.3, -0.25) is 9.59 Å². The molecule has 4 heterocycles. The van der Waals surface area contributed by atoms with E-state index in [-0.39, 0.29) is 32.8 Å². The molecule has 0 aliphatic heterocycles. The highest BCUT2D eigenvalue weighted by Crippen LogP contribution is 2.50. The smallest absolute Gasteiger partial charge is 0.277 e. The fourth-order valence-corrected chi connectivity index (χ4v) is 12.4. The SMILES string of the molecule is CC1(C)CC(C)(C)c2c1c(=O)nc1c3ccc(-c4ccccc4-c4cc(Cl)cc(-c5ccccc5-c5ccc6c(ccn7c8c(c(=O)nc67)C(C)(C)CC8(C)C)c5)c4)cc3ccn21. The number of pyridine rings is 2. The summed E-state index contributed by atoms with van der Waals surface area (Å²) in [7, 11) is 0. The zero-order valence-electron chi connectivity index (χ0n) is 37.0. The summed E-state index contributed by atoms with van der Waals surface area (Å²) in [6.45, 7) is 17.5. The first kappa shape index (κ1) is 39.5. The number of fused-ring (bicyclic) bond motifs is 10. The summed E-state index contributed by atoms with van der Waals surface area (Å²) in [5.41, 5.74) is 12.6. The van der Waals surface area contributed by atoms with Crippen molar-refractivity contribution in [2.45, 2.75) is 89.9 Å². The van der Waals surface area contributed by atoms with Gasteiger partial charge in [-0.05, 0) is 121 Å². The first-order valence-electron chi connectivity index (χ1n) is 21.9. The van der Waals surface area contributed by atoms with Gasteiger partial charge in [0.2, 0.25) is 0 Å². The van der Waals surface area contributed by atoms with Crippen molar-refractivity contribution in [1.29, 1.82) is 0 Å². The summed E-state index contributed by atoms with van der Waals surface area (Å²) in [4.78, 5) is 36.7. The summed E-state index contributed by atoms with van der Waals surface area (Å²) in [6, 6.07) is 40.4. The van der Waals surface area contributed by atoms with Crippen LogP contribution in [0.1, 0.15) is 90.7 Å². The van der Waals surface area contributed by atoms with Crippen molar-refractivity contribution in [2.75, 3.05) is 0 Å². The zero-order valence-corrected chi connectivity index (χ0v) is 37.8.